The van der Waals surface area contributed by atoms with Crippen molar-refractivity contribution in [1.29, 1.82) is 0 Å². The fourth-order valence-corrected chi connectivity index (χ4v) is 4.77. The molecule has 0 spiro atoms. The summed E-state index contributed by atoms with van der Waals surface area (Å²) in [6.45, 7) is 6.25. The maximum Gasteiger partial charge on any atom is 0.131 e. The van der Waals surface area contributed by atoms with Crippen molar-refractivity contribution in [3.8, 4) is 11.5 Å². The standard InChI is InChI=1S/C23H30O4/c1-4-15-5-8-18-19(9-15)23(27-12-14(3)25)21-17-7-6-16(10-17)20(21)22(18)26-11-13(2)24/h5,8-9,13-14,16-17,24-25H,4,6-7,10-12H2,1-3H3. The zero-order valence-corrected chi connectivity index (χ0v) is 16.5. The Balaban J connectivity index is 1.94. The van der Waals surface area contributed by atoms with E-state index in [-0.39, 0.29) is 0 Å². The molecule has 0 aromatic heterocycles. The van der Waals surface area contributed by atoms with Gasteiger partial charge in [0.15, 0.2) is 0 Å². The van der Waals surface area contributed by atoms with Crippen molar-refractivity contribution in [3.63, 3.8) is 0 Å². The number of aliphatic hydroxyl groups excluding tert-OH is 2. The molecule has 1 fully saturated rings. The van der Waals surface area contributed by atoms with Crippen LogP contribution in [0.4, 0.5) is 0 Å². The van der Waals surface area contributed by atoms with Gasteiger partial charge in [-0.3, -0.25) is 0 Å². The molecule has 4 heteroatoms. The lowest BCUT2D eigenvalue weighted by molar-refractivity contribution is 0.120. The summed E-state index contributed by atoms with van der Waals surface area (Å²) < 4.78 is 12.4. The van der Waals surface area contributed by atoms with E-state index in [0.29, 0.717) is 25.0 Å². The van der Waals surface area contributed by atoms with Crippen LogP contribution in [0.2, 0.25) is 0 Å². The lowest BCUT2D eigenvalue weighted by atomic mass is 9.86. The normalized spacial score (nSPS) is 22.7. The maximum absolute atomic E-state index is 9.79. The SMILES string of the molecule is CCc1ccc2c(OCC(C)O)c3c(c(OCC(C)O)c2c1)C1CCC3C1. The van der Waals surface area contributed by atoms with E-state index < -0.39 is 12.2 Å². The van der Waals surface area contributed by atoms with Gasteiger partial charge < -0.3 is 19.7 Å². The van der Waals surface area contributed by atoms with Gasteiger partial charge in [-0.2, -0.15) is 0 Å². The highest BCUT2D eigenvalue weighted by Crippen LogP contribution is 2.61. The maximum atomic E-state index is 9.79. The van der Waals surface area contributed by atoms with E-state index in [0.717, 1.165) is 35.1 Å². The van der Waals surface area contributed by atoms with Gasteiger partial charge in [0.25, 0.3) is 0 Å². The molecule has 2 aliphatic carbocycles. The highest BCUT2D eigenvalue weighted by molar-refractivity contribution is 5.97. The van der Waals surface area contributed by atoms with E-state index in [4.69, 9.17) is 9.47 Å². The monoisotopic (exact) mass is 370 g/mol. The molecule has 0 saturated heterocycles. The van der Waals surface area contributed by atoms with E-state index in [1.807, 2.05) is 0 Å². The second-order valence-electron chi connectivity index (χ2n) is 8.25. The highest BCUT2D eigenvalue weighted by atomic mass is 16.5. The second-order valence-corrected chi connectivity index (χ2v) is 8.25. The Morgan fingerprint density at radius 1 is 0.926 bits per heavy atom. The van der Waals surface area contributed by atoms with E-state index in [2.05, 4.69) is 25.1 Å². The first-order chi connectivity index (χ1) is 13.0. The lowest BCUT2D eigenvalue weighted by Crippen LogP contribution is -2.17. The van der Waals surface area contributed by atoms with E-state index in [1.54, 1.807) is 13.8 Å². The Labute approximate surface area is 161 Å². The van der Waals surface area contributed by atoms with Gasteiger partial charge in [0.2, 0.25) is 0 Å². The molecule has 1 saturated carbocycles. The predicted octanol–water partition coefficient (Wildman–Crippen LogP) is 4.29. The van der Waals surface area contributed by atoms with E-state index in [9.17, 15) is 10.2 Å². The van der Waals surface area contributed by atoms with Gasteiger partial charge in [-0.05, 0) is 63.0 Å². The number of hydrogen-bond acceptors (Lipinski definition) is 4. The van der Waals surface area contributed by atoms with Crippen LogP contribution in [-0.2, 0) is 6.42 Å². The van der Waals surface area contributed by atoms with Crippen molar-refractivity contribution in [3.05, 3.63) is 34.9 Å². The Hall–Kier alpha value is -1.78. The molecule has 4 atom stereocenters. The van der Waals surface area contributed by atoms with E-state index >= 15 is 0 Å². The molecule has 27 heavy (non-hydrogen) atoms. The number of benzene rings is 2. The molecule has 2 aromatic rings. The summed E-state index contributed by atoms with van der Waals surface area (Å²) in [7, 11) is 0. The minimum absolute atomic E-state index is 0.294. The van der Waals surface area contributed by atoms with Gasteiger partial charge in [0, 0.05) is 21.9 Å². The summed E-state index contributed by atoms with van der Waals surface area (Å²) >= 11 is 0. The van der Waals surface area contributed by atoms with Crippen LogP contribution < -0.4 is 9.47 Å². The highest BCUT2D eigenvalue weighted by Gasteiger charge is 2.42. The molecular weight excluding hydrogens is 340 g/mol. The number of aryl methyl sites for hydroxylation is 1. The first-order valence-corrected chi connectivity index (χ1v) is 10.2. The third kappa shape index (κ3) is 3.30. The largest absolute Gasteiger partial charge is 0.490 e. The Morgan fingerprint density at radius 3 is 2.00 bits per heavy atom. The minimum Gasteiger partial charge on any atom is -0.490 e. The van der Waals surface area contributed by atoms with Crippen LogP contribution in [0, 0.1) is 0 Å². The van der Waals surface area contributed by atoms with Crippen LogP contribution in [0.1, 0.15) is 68.6 Å². The van der Waals surface area contributed by atoms with Crippen LogP contribution >= 0.6 is 0 Å². The summed E-state index contributed by atoms with van der Waals surface area (Å²) in [5, 5.41) is 21.7. The minimum atomic E-state index is -0.505. The summed E-state index contributed by atoms with van der Waals surface area (Å²) in [5.74, 6) is 2.89. The van der Waals surface area contributed by atoms with Crippen molar-refractivity contribution in [2.75, 3.05) is 13.2 Å². The fourth-order valence-electron chi connectivity index (χ4n) is 4.77. The Bertz CT molecular complexity index is 840. The Morgan fingerprint density at radius 2 is 1.48 bits per heavy atom. The molecule has 4 rings (SSSR count). The van der Waals surface area contributed by atoms with Crippen LogP contribution in [0.3, 0.4) is 0 Å². The number of rotatable bonds is 7. The molecule has 0 heterocycles. The van der Waals surface area contributed by atoms with Gasteiger partial charge in [0.05, 0.1) is 12.2 Å². The van der Waals surface area contributed by atoms with Gasteiger partial charge in [0.1, 0.15) is 24.7 Å². The zero-order valence-electron chi connectivity index (χ0n) is 16.5. The average Bonchev–Trinajstić information content (AvgIpc) is 3.25. The summed E-state index contributed by atoms with van der Waals surface area (Å²) in [5.41, 5.74) is 3.83. The summed E-state index contributed by atoms with van der Waals surface area (Å²) in [6, 6.07) is 6.48. The van der Waals surface area contributed by atoms with Crippen molar-refractivity contribution in [2.45, 2.75) is 70.5 Å². The number of fused-ring (bicyclic) bond motifs is 6. The second kappa shape index (κ2) is 7.33. The smallest absolute Gasteiger partial charge is 0.131 e. The molecule has 4 unspecified atom stereocenters. The molecule has 2 aliphatic rings. The molecule has 0 radical (unpaired) electrons. The van der Waals surface area contributed by atoms with E-state index in [1.165, 1.54) is 29.5 Å². The van der Waals surface area contributed by atoms with Crippen molar-refractivity contribution < 1.29 is 19.7 Å². The quantitative estimate of drug-likeness (QED) is 0.763. The lowest BCUT2D eigenvalue weighted by Gasteiger charge is -2.26. The van der Waals surface area contributed by atoms with Crippen molar-refractivity contribution >= 4 is 10.8 Å². The Kier molecular flexibility index (Phi) is 5.04. The average molecular weight is 370 g/mol. The third-order valence-corrected chi connectivity index (χ3v) is 5.95. The van der Waals surface area contributed by atoms with Crippen molar-refractivity contribution in [2.24, 2.45) is 0 Å². The van der Waals surface area contributed by atoms with Gasteiger partial charge >= 0.3 is 0 Å². The molecule has 2 aromatic carbocycles. The fraction of sp³-hybridized carbons (Fsp3) is 0.565. The molecule has 2 N–H and O–H groups in total. The topological polar surface area (TPSA) is 58.9 Å². The molecule has 146 valence electrons. The third-order valence-electron chi connectivity index (χ3n) is 5.95. The summed E-state index contributed by atoms with van der Waals surface area (Å²) in [6.07, 6.45) is 3.49. The molecule has 2 bridgehead atoms. The molecular formula is C23H30O4. The van der Waals surface area contributed by atoms with Crippen LogP contribution in [0.25, 0.3) is 10.8 Å². The molecule has 0 amide bonds. The van der Waals surface area contributed by atoms with Crippen LogP contribution in [0.5, 0.6) is 11.5 Å². The van der Waals surface area contributed by atoms with Gasteiger partial charge in [-0.25, -0.2) is 0 Å². The first kappa shape index (κ1) is 18.6. The first-order valence-electron chi connectivity index (χ1n) is 10.2. The molecule has 4 nitrogen and oxygen atoms in total. The van der Waals surface area contributed by atoms with Crippen LogP contribution in [-0.4, -0.2) is 35.6 Å². The number of aliphatic hydroxyl groups is 2. The number of ether oxygens (including phenoxy) is 2. The molecule has 0 aliphatic heterocycles. The zero-order chi connectivity index (χ0) is 19.1. The summed E-state index contributed by atoms with van der Waals surface area (Å²) in [4.78, 5) is 0. The van der Waals surface area contributed by atoms with Gasteiger partial charge in [-0.1, -0.05) is 19.1 Å². The van der Waals surface area contributed by atoms with Crippen LogP contribution in [0.15, 0.2) is 18.2 Å². The number of hydrogen-bond donors (Lipinski definition) is 2. The van der Waals surface area contributed by atoms with Crippen molar-refractivity contribution in [1.82, 2.24) is 0 Å². The predicted molar refractivity (Wildman–Crippen MR) is 107 cm³/mol. The van der Waals surface area contributed by atoms with Gasteiger partial charge in [-0.15, -0.1) is 0 Å².